The van der Waals surface area contributed by atoms with Crippen molar-refractivity contribution in [1.82, 2.24) is 10.6 Å². The summed E-state index contributed by atoms with van der Waals surface area (Å²) in [5.74, 6) is -0.289. The van der Waals surface area contributed by atoms with Crippen molar-refractivity contribution in [3.63, 3.8) is 0 Å². The second-order valence-electron chi connectivity index (χ2n) is 8.84. The zero-order valence-electron chi connectivity index (χ0n) is 18.6. The van der Waals surface area contributed by atoms with Crippen LogP contribution in [0.4, 0.5) is 18.0 Å². The zero-order chi connectivity index (χ0) is 25.7. The standard InChI is InChI=1S/C23H20Cl2F3N3O4S/c24-12-7-11(8-13(25)9-12)22(23(26,27)28)10-17(31-35-22)18-14-3-1-2-4-15(14)20(36-18)34-21(33)30-16-5-6-29-19(16)32/h7-9,16H,1-6,10H2,(H,29,32)(H,30,33)/t16-,22-/m1/s1. The van der Waals surface area contributed by atoms with Crippen LogP contribution in [0.2, 0.25) is 10.0 Å². The molecule has 1 aromatic carbocycles. The van der Waals surface area contributed by atoms with E-state index in [0.29, 0.717) is 30.7 Å². The van der Waals surface area contributed by atoms with E-state index in [4.69, 9.17) is 32.8 Å². The minimum atomic E-state index is -4.81. The van der Waals surface area contributed by atoms with Crippen LogP contribution in [-0.2, 0) is 28.1 Å². The molecule has 192 valence electrons. The molecule has 1 fully saturated rings. The quantitative estimate of drug-likeness (QED) is 0.516. The Hall–Kier alpha value is -2.50. The minimum absolute atomic E-state index is 0.0457. The molecule has 0 saturated carbocycles. The number of ether oxygens (including phenoxy) is 1. The number of hydrogen-bond acceptors (Lipinski definition) is 6. The van der Waals surface area contributed by atoms with Gasteiger partial charge in [-0.3, -0.25) is 4.79 Å². The Bertz CT molecular complexity index is 1250. The number of fused-ring (bicyclic) bond motifs is 1. The van der Waals surface area contributed by atoms with E-state index < -0.39 is 30.3 Å². The number of oxime groups is 1. The Morgan fingerprint density at radius 2 is 1.89 bits per heavy atom. The lowest BCUT2D eigenvalue weighted by Gasteiger charge is -2.29. The first-order valence-corrected chi connectivity index (χ1v) is 12.8. The van der Waals surface area contributed by atoms with E-state index in [9.17, 15) is 22.8 Å². The van der Waals surface area contributed by atoms with Gasteiger partial charge in [-0.2, -0.15) is 13.2 Å². The molecule has 0 unspecified atom stereocenters. The number of rotatable bonds is 4. The fourth-order valence-electron chi connectivity index (χ4n) is 4.71. The maximum Gasteiger partial charge on any atom is 0.435 e. The van der Waals surface area contributed by atoms with E-state index in [1.54, 1.807) is 0 Å². The van der Waals surface area contributed by atoms with Gasteiger partial charge in [-0.05, 0) is 55.9 Å². The maximum atomic E-state index is 14.4. The number of thiophene rings is 1. The monoisotopic (exact) mass is 561 g/mol. The SMILES string of the molecule is O=C(N[C@@H]1CCNC1=O)Oc1sc(C2=NO[C@](c3cc(Cl)cc(Cl)c3)(C(F)(F)F)C2)c2c1CCCC2. The van der Waals surface area contributed by atoms with Crippen molar-refractivity contribution in [1.29, 1.82) is 0 Å². The Morgan fingerprint density at radius 3 is 2.53 bits per heavy atom. The summed E-state index contributed by atoms with van der Waals surface area (Å²) < 4.78 is 48.7. The molecule has 2 aliphatic heterocycles. The number of carbonyl (C=O) groups excluding carboxylic acids is 2. The van der Waals surface area contributed by atoms with Crippen LogP contribution in [0.15, 0.2) is 23.4 Å². The van der Waals surface area contributed by atoms with Gasteiger partial charge in [0.2, 0.25) is 5.91 Å². The predicted molar refractivity (Wildman–Crippen MR) is 128 cm³/mol. The highest BCUT2D eigenvalue weighted by atomic mass is 35.5. The van der Waals surface area contributed by atoms with Crippen LogP contribution in [0.25, 0.3) is 0 Å². The molecule has 0 radical (unpaired) electrons. The van der Waals surface area contributed by atoms with Crippen molar-refractivity contribution in [2.24, 2.45) is 5.16 Å². The van der Waals surface area contributed by atoms with Crippen molar-refractivity contribution in [2.75, 3.05) is 6.54 Å². The molecule has 3 aliphatic rings. The van der Waals surface area contributed by atoms with E-state index in [-0.39, 0.29) is 32.3 Å². The van der Waals surface area contributed by atoms with Crippen LogP contribution in [0.5, 0.6) is 5.06 Å². The molecule has 2 aromatic rings. The van der Waals surface area contributed by atoms with Gasteiger partial charge >= 0.3 is 12.3 Å². The molecule has 13 heteroatoms. The first-order valence-electron chi connectivity index (χ1n) is 11.3. The third-order valence-electron chi connectivity index (χ3n) is 6.49. The largest absolute Gasteiger partial charge is 0.435 e. The zero-order valence-corrected chi connectivity index (χ0v) is 21.0. The Labute approximate surface area is 217 Å². The minimum Gasteiger partial charge on any atom is -0.399 e. The average Bonchev–Trinajstić information content (AvgIpc) is 3.51. The normalized spacial score (nSPS) is 23.5. The second kappa shape index (κ2) is 9.42. The van der Waals surface area contributed by atoms with E-state index >= 15 is 0 Å². The number of amides is 2. The number of carbonyl (C=O) groups is 2. The lowest BCUT2D eigenvalue weighted by Crippen LogP contribution is -2.42. The van der Waals surface area contributed by atoms with Gasteiger partial charge in [0.1, 0.15) is 11.8 Å². The molecule has 36 heavy (non-hydrogen) atoms. The van der Waals surface area contributed by atoms with Crippen LogP contribution in [0, 0.1) is 0 Å². The number of benzene rings is 1. The van der Waals surface area contributed by atoms with Gasteiger partial charge in [0.05, 0.1) is 11.3 Å². The number of hydrogen-bond donors (Lipinski definition) is 2. The third-order valence-corrected chi connectivity index (χ3v) is 8.12. The molecule has 2 amide bonds. The van der Waals surface area contributed by atoms with Gasteiger partial charge in [-0.15, -0.1) is 0 Å². The molecule has 2 N–H and O–H groups in total. The predicted octanol–water partition coefficient (Wildman–Crippen LogP) is 5.49. The Kier molecular flexibility index (Phi) is 6.59. The highest BCUT2D eigenvalue weighted by molar-refractivity contribution is 7.16. The van der Waals surface area contributed by atoms with Crippen molar-refractivity contribution >= 4 is 52.3 Å². The van der Waals surface area contributed by atoms with Gasteiger partial charge in [-0.1, -0.05) is 39.7 Å². The van der Waals surface area contributed by atoms with Gasteiger partial charge in [-0.25, -0.2) is 4.79 Å². The molecular weight excluding hydrogens is 542 g/mol. The van der Waals surface area contributed by atoms with E-state index in [1.807, 2.05) is 0 Å². The number of alkyl halides is 3. The maximum absolute atomic E-state index is 14.4. The first-order chi connectivity index (χ1) is 17.1. The summed E-state index contributed by atoms with van der Waals surface area (Å²) in [6, 6.07) is 2.99. The van der Waals surface area contributed by atoms with Crippen LogP contribution in [-0.4, -0.2) is 36.5 Å². The first kappa shape index (κ1) is 25.2. The number of nitrogens with zero attached hydrogens (tertiary/aromatic N) is 1. The molecule has 7 nitrogen and oxygen atoms in total. The van der Waals surface area contributed by atoms with E-state index in [1.165, 1.54) is 18.2 Å². The number of halogens is 5. The molecule has 5 rings (SSSR count). The van der Waals surface area contributed by atoms with E-state index in [0.717, 1.165) is 35.3 Å². The van der Waals surface area contributed by atoms with Crippen molar-refractivity contribution < 1.29 is 32.3 Å². The average molecular weight is 562 g/mol. The van der Waals surface area contributed by atoms with Gasteiger partial charge in [0.15, 0.2) is 5.06 Å². The number of nitrogens with one attached hydrogen (secondary N) is 2. The highest BCUT2D eigenvalue weighted by Gasteiger charge is 2.62. The van der Waals surface area contributed by atoms with Crippen LogP contribution in [0.3, 0.4) is 0 Å². The van der Waals surface area contributed by atoms with Crippen LogP contribution in [0.1, 0.15) is 47.3 Å². The molecule has 3 heterocycles. The summed E-state index contributed by atoms with van der Waals surface area (Å²) in [5, 5.41) is 9.40. The summed E-state index contributed by atoms with van der Waals surface area (Å²) in [7, 11) is 0. The summed E-state index contributed by atoms with van der Waals surface area (Å²) >= 11 is 13.0. The van der Waals surface area contributed by atoms with Crippen LogP contribution >= 0.6 is 34.5 Å². The molecule has 1 aliphatic carbocycles. The second-order valence-corrected chi connectivity index (χ2v) is 10.7. The Morgan fingerprint density at radius 1 is 1.19 bits per heavy atom. The van der Waals surface area contributed by atoms with Crippen molar-refractivity contribution in [3.8, 4) is 5.06 Å². The molecule has 2 atom stereocenters. The Balaban J connectivity index is 1.45. The van der Waals surface area contributed by atoms with Crippen molar-refractivity contribution in [3.05, 3.63) is 49.8 Å². The smallest absolute Gasteiger partial charge is 0.399 e. The molecule has 0 bridgehead atoms. The fourth-order valence-corrected chi connectivity index (χ4v) is 6.47. The van der Waals surface area contributed by atoms with Gasteiger partial charge in [0, 0.05) is 27.7 Å². The highest BCUT2D eigenvalue weighted by Crippen LogP contribution is 2.51. The molecule has 1 aromatic heterocycles. The molecule has 1 saturated heterocycles. The lowest BCUT2D eigenvalue weighted by atomic mass is 9.86. The van der Waals surface area contributed by atoms with Gasteiger partial charge in [0.25, 0.3) is 5.60 Å². The van der Waals surface area contributed by atoms with Crippen molar-refractivity contribution in [2.45, 2.75) is 56.3 Å². The molecule has 0 spiro atoms. The fraction of sp³-hybridized carbons (Fsp3) is 0.435. The lowest BCUT2D eigenvalue weighted by molar-refractivity contribution is -0.275. The third kappa shape index (κ3) is 4.52. The summed E-state index contributed by atoms with van der Waals surface area (Å²) in [5.41, 5.74) is -1.32. The summed E-state index contributed by atoms with van der Waals surface area (Å²) in [6.45, 7) is 0.459. The molecular formula is C23H20Cl2F3N3O4S. The summed E-state index contributed by atoms with van der Waals surface area (Å²) in [4.78, 5) is 29.9. The topological polar surface area (TPSA) is 89.0 Å². The van der Waals surface area contributed by atoms with E-state index in [2.05, 4.69) is 15.8 Å². The van der Waals surface area contributed by atoms with Gasteiger partial charge < -0.3 is 20.2 Å². The summed E-state index contributed by atoms with van der Waals surface area (Å²) in [6.07, 6.45) is -2.84. The van der Waals surface area contributed by atoms with Crippen LogP contribution < -0.4 is 15.4 Å².